The van der Waals surface area contributed by atoms with Gasteiger partial charge in [0, 0.05) is 6.21 Å². The minimum Gasteiger partial charge on any atom is -0.497 e. The van der Waals surface area contributed by atoms with Crippen LogP contribution in [0.1, 0.15) is 18.1 Å². The first-order chi connectivity index (χ1) is 9.63. The molecule has 3 nitrogen and oxygen atoms in total. The highest BCUT2D eigenvalue weighted by atomic mass is 16.5. The van der Waals surface area contributed by atoms with E-state index in [-0.39, 0.29) is 0 Å². The van der Waals surface area contributed by atoms with Gasteiger partial charge in [-0.3, -0.25) is 0 Å². The highest BCUT2D eigenvalue weighted by molar-refractivity contribution is 5.76. The van der Waals surface area contributed by atoms with Gasteiger partial charge in [-0.1, -0.05) is 24.3 Å². The van der Waals surface area contributed by atoms with Gasteiger partial charge >= 0.3 is 0 Å². The van der Waals surface area contributed by atoms with Crippen LogP contribution in [-0.4, -0.2) is 20.4 Å². The van der Waals surface area contributed by atoms with E-state index < -0.39 is 5.41 Å². The summed E-state index contributed by atoms with van der Waals surface area (Å²) in [6.45, 7) is 2.03. The molecule has 2 aromatic rings. The maximum atomic E-state index is 7.84. The Bertz CT molecular complexity index is 525. The summed E-state index contributed by atoms with van der Waals surface area (Å²) >= 11 is 0. The fourth-order valence-corrected chi connectivity index (χ4v) is 2.21. The molecule has 3 heteroatoms. The molecular weight excluding hydrogens is 250 g/mol. The third-order valence-corrected chi connectivity index (χ3v) is 3.67. The Balaban J connectivity index is 2.42. The molecular formula is C17H19NO2. The zero-order chi connectivity index (χ0) is 14.6. The van der Waals surface area contributed by atoms with Crippen molar-refractivity contribution in [2.75, 3.05) is 14.2 Å². The number of hydrogen-bond donors (Lipinski definition) is 1. The van der Waals surface area contributed by atoms with E-state index in [1.54, 1.807) is 14.2 Å². The lowest BCUT2D eigenvalue weighted by atomic mass is 9.77. The van der Waals surface area contributed by atoms with Crippen molar-refractivity contribution in [3.63, 3.8) is 0 Å². The molecule has 1 N–H and O–H groups in total. The molecule has 0 aliphatic rings. The molecule has 0 unspecified atom stereocenters. The fourth-order valence-electron chi connectivity index (χ4n) is 2.21. The number of methoxy groups -OCH3 is 2. The first kappa shape index (κ1) is 14.1. The summed E-state index contributed by atoms with van der Waals surface area (Å²) in [5, 5.41) is 7.84. The van der Waals surface area contributed by atoms with Gasteiger partial charge in [0.05, 0.1) is 19.6 Å². The van der Waals surface area contributed by atoms with E-state index in [0.717, 1.165) is 22.6 Å². The van der Waals surface area contributed by atoms with Gasteiger partial charge in [0.15, 0.2) is 0 Å². The summed E-state index contributed by atoms with van der Waals surface area (Å²) < 4.78 is 10.4. The van der Waals surface area contributed by atoms with Gasteiger partial charge in [0.2, 0.25) is 0 Å². The summed E-state index contributed by atoms with van der Waals surface area (Å²) in [7, 11) is 3.29. The van der Waals surface area contributed by atoms with E-state index in [4.69, 9.17) is 14.9 Å². The first-order valence-electron chi connectivity index (χ1n) is 6.44. The van der Waals surface area contributed by atoms with Gasteiger partial charge in [0.25, 0.3) is 0 Å². The van der Waals surface area contributed by atoms with Crippen LogP contribution < -0.4 is 9.47 Å². The topological polar surface area (TPSA) is 42.3 Å². The normalized spacial score (nSPS) is 10.9. The Labute approximate surface area is 119 Å². The van der Waals surface area contributed by atoms with Crippen LogP contribution in [0.4, 0.5) is 0 Å². The molecule has 0 aliphatic heterocycles. The lowest BCUT2D eigenvalue weighted by Crippen LogP contribution is -2.24. The van der Waals surface area contributed by atoms with E-state index in [0.29, 0.717) is 0 Å². The molecule has 0 atom stereocenters. The van der Waals surface area contributed by atoms with Crippen molar-refractivity contribution in [2.24, 2.45) is 0 Å². The molecule has 0 radical (unpaired) electrons. The molecule has 2 aromatic carbocycles. The predicted octanol–water partition coefficient (Wildman–Crippen LogP) is 3.66. The van der Waals surface area contributed by atoms with E-state index in [1.165, 1.54) is 6.21 Å². The van der Waals surface area contributed by atoms with Crippen LogP contribution in [0.5, 0.6) is 11.5 Å². The second-order valence-corrected chi connectivity index (χ2v) is 4.80. The molecule has 0 heterocycles. The number of rotatable bonds is 5. The number of nitrogens with one attached hydrogen (secondary N) is 1. The molecule has 0 saturated heterocycles. The van der Waals surface area contributed by atoms with Crippen molar-refractivity contribution in [3.05, 3.63) is 59.7 Å². The summed E-state index contributed by atoms with van der Waals surface area (Å²) in [5.74, 6) is 1.63. The number of ether oxygens (including phenoxy) is 2. The van der Waals surface area contributed by atoms with Crippen LogP contribution >= 0.6 is 0 Å². The second-order valence-electron chi connectivity index (χ2n) is 4.80. The molecule has 2 rings (SSSR count). The van der Waals surface area contributed by atoms with E-state index in [9.17, 15) is 0 Å². The third-order valence-electron chi connectivity index (χ3n) is 3.67. The highest BCUT2D eigenvalue weighted by Gasteiger charge is 2.26. The number of hydrogen-bond acceptors (Lipinski definition) is 3. The summed E-state index contributed by atoms with van der Waals surface area (Å²) in [4.78, 5) is 0. The van der Waals surface area contributed by atoms with Crippen LogP contribution in [-0.2, 0) is 5.41 Å². The highest BCUT2D eigenvalue weighted by Crippen LogP contribution is 2.32. The van der Waals surface area contributed by atoms with Gasteiger partial charge in [0.1, 0.15) is 11.5 Å². The SMILES string of the molecule is COc1ccc(C(C)(C=N)c2ccc(OC)cc2)cc1. The minimum absolute atomic E-state index is 0.460. The summed E-state index contributed by atoms with van der Waals surface area (Å²) in [5.41, 5.74) is 1.65. The molecule has 104 valence electrons. The van der Waals surface area contributed by atoms with E-state index >= 15 is 0 Å². The van der Waals surface area contributed by atoms with Crippen LogP contribution in [0, 0.1) is 5.41 Å². The zero-order valence-corrected chi connectivity index (χ0v) is 12.0. The quantitative estimate of drug-likeness (QED) is 0.842. The van der Waals surface area contributed by atoms with Crippen molar-refractivity contribution in [1.82, 2.24) is 0 Å². The predicted molar refractivity (Wildman–Crippen MR) is 81.2 cm³/mol. The molecule has 0 fully saturated rings. The molecule has 0 amide bonds. The Morgan fingerprint density at radius 3 is 1.40 bits per heavy atom. The van der Waals surface area contributed by atoms with Crippen molar-refractivity contribution in [1.29, 1.82) is 5.41 Å². The van der Waals surface area contributed by atoms with E-state index in [2.05, 4.69) is 0 Å². The van der Waals surface area contributed by atoms with Gasteiger partial charge in [-0.25, -0.2) is 0 Å². The summed E-state index contributed by atoms with van der Waals surface area (Å²) in [6.07, 6.45) is 1.47. The van der Waals surface area contributed by atoms with Crippen molar-refractivity contribution >= 4 is 6.21 Å². The van der Waals surface area contributed by atoms with Crippen LogP contribution in [0.2, 0.25) is 0 Å². The van der Waals surface area contributed by atoms with E-state index in [1.807, 2.05) is 55.5 Å². The lowest BCUT2D eigenvalue weighted by molar-refractivity contribution is 0.414. The Morgan fingerprint density at radius 2 is 1.15 bits per heavy atom. The molecule has 0 aliphatic carbocycles. The Kier molecular flexibility index (Phi) is 4.08. The monoisotopic (exact) mass is 269 g/mol. The molecule has 0 aromatic heterocycles. The zero-order valence-electron chi connectivity index (χ0n) is 12.0. The fraction of sp³-hybridized carbons (Fsp3) is 0.235. The number of benzene rings is 2. The second kappa shape index (κ2) is 5.78. The smallest absolute Gasteiger partial charge is 0.118 e. The van der Waals surface area contributed by atoms with Gasteiger partial charge < -0.3 is 14.9 Å². The average molecular weight is 269 g/mol. The average Bonchev–Trinajstić information content (AvgIpc) is 2.54. The minimum atomic E-state index is -0.460. The lowest BCUT2D eigenvalue weighted by Gasteiger charge is -2.26. The summed E-state index contributed by atoms with van der Waals surface area (Å²) in [6, 6.07) is 15.6. The van der Waals surface area contributed by atoms with Gasteiger partial charge in [-0.2, -0.15) is 0 Å². The largest absolute Gasteiger partial charge is 0.497 e. The molecule has 0 saturated carbocycles. The van der Waals surface area contributed by atoms with Gasteiger partial charge in [-0.05, 0) is 42.3 Å². The van der Waals surface area contributed by atoms with Crippen molar-refractivity contribution in [2.45, 2.75) is 12.3 Å². The van der Waals surface area contributed by atoms with Crippen LogP contribution in [0.25, 0.3) is 0 Å². The van der Waals surface area contributed by atoms with Crippen LogP contribution in [0.3, 0.4) is 0 Å². The molecule has 20 heavy (non-hydrogen) atoms. The third kappa shape index (κ3) is 2.52. The van der Waals surface area contributed by atoms with Crippen molar-refractivity contribution in [3.8, 4) is 11.5 Å². The maximum Gasteiger partial charge on any atom is 0.118 e. The molecule has 0 bridgehead atoms. The first-order valence-corrected chi connectivity index (χ1v) is 6.44. The maximum absolute atomic E-state index is 7.84. The van der Waals surface area contributed by atoms with Crippen molar-refractivity contribution < 1.29 is 9.47 Å². The molecule has 0 spiro atoms. The Hall–Kier alpha value is -2.29. The van der Waals surface area contributed by atoms with Gasteiger partial charge in [-0.15, -0.1) is 0 Å². The standard InChI is InChI=1S/C17H19NO2/c1-17(12-18,13-4-8-15(19-2)9-5-13)14-6-10-16(20-3)11-7-14/h4-12,18H,1-3H3. The van der Waals surface area contributed by atoms with Crippen LogP contribution in [0.15, 0.2) is 48.5 Å². The Morgan fingerprint density at radius 1 is 0.800 bits per heavy atom.